The highest BCUT2D eigenvalue weighted by Gasteiger charge is 2.63. The molecule has 0 unspecified atom stereocenters. The third-order valence-corrected chi connectivity index (χ3v) is 7.01. The van der Waals surface area contributed by atoms with Gasteiger partial charge in [-0.05, 0) is 49.5 Å². The number of epoxide rings is 1. The summed E-state index contributed by atoms with van der Waals surface area (Å²) in [6, 6.07) is 0. The lowest BCUT2D eigenvalue weighted by molar-refractivity contribution is -0.119. The Morgan fingerprint density at radius 3 is 2.54 bits per heavy atom. The molecule has 4 rings (SSSR count). The third kappa shape index (κ3) is 1.99. The normalized spacial score (nSPS) is 48.8. The number of carbonyl (C=O) groups excluding carboxylic acids is 2. The topological polar surface area (TPSA) is 66.9 Å². The van der Waals surface area contributed by atoms with Gasteiger partial charge in [0.05, 0.1) is 11.7 Å². The Bertz CT molecular complexity index is 713. The molecule has 1 aliphatic heterocycles. The summed E-state index contributed by atoms with van der Waals surface area (Å²) in [6.07, 6.45) is 2.64. The van der Waals surface area contributed by atoms with Crippen molar-refractivity contribution in [2.45, 2.75) is 65.3 Å². The standard InChI is InChI=1S/C20H26O4/c1-9-8-12-11(19(12,3)4)6-7-20(5)18(24-20)14-13(15(9)21)16(22)10(2)17(14)23/h8,10-12,16,18,22H,6-7H2,1-5H3/b9-8+/t10-,11-,12+,16-,18-,20-/m0/s1. The second-order valence-corrected chi connectivity index (χ2v) is 8.91. The first-order valence-corrected chi connectivity index (χ1v) is 8.97. The molecule has 4 aliphatic rings. The summed E-state index contributed by atoms with van der Waals surface area (Å²) in [5, 5.41) is 10.5. The number of Topliss-reactive ketones (excluding diaryl/α,β-unsaturated/α-hetero) is 2. The summed E-state index contributed by atoms with van der Waals surface area (Å²) in [5.41, 5.74) is 1.20. The van der Waals surface area contributed by atoms with E-state index in [4.69, 9.17) is 4.74 Å². The van der Waals surface area contributed by atoms with Crippen LogP contribution in [0.25, 0.3) is 0 Å². The van der Waals surface area contributed by atoms with Crippen LogP contribution in [0.15, 0.2) is 22.8 Å². The zero-order valence-electron chi connectivity index (χ0n) is 15.1. The molecule has 0 bridgehead atoms. The van der Waals surface area contributed by atoms with E-state index in [1.165, 1.54) is 0 Å². The Morgan fingerprint density at radius 2 is 1.88 bits per heavy atom. The molecule has 130 valence electrons. The molecule has 3 aliphatic carbocycles. The Morgan fingerprint density at radius 1 is 1.21 bits per heavy atom. The van der Waals surface area contributed by atoms with E-state index >= 15 is 0 Å². The molecule has 0 radical (unpaired) electrons. The first-order chi connectivity index (χ1) is 11.1. The molecule has 1 saturated heterocycles. The van der Waals surface area contributed by atoms with Gasteiger partial charge in [-0.1, -0.05) is 26.8 Å². The lowest BCUT2D eigenvalue weighted by atomic mass is 9.90. The zero-order chi connectivity index (χ0) is 17.6. The van der Waals surface area contributed by atoms with Crippen molar-refractivity contribution in [1.29, 1.82) is 0 Å². The molecule has 0 aromatic rings. The molecule has 1 saturated carbocycles. The van der Waals surface area contributed by atoms with Crippen LogP contribution in [0.3, 0.4) is 0 Å². The summed E-state index contributed by atoms with van der Waals surface area (Å²) in [4.78, 5) is 25.6. The maximum absolute atomic E-state index is 13.0. The van der Waals surface area contributed by atoms with Crippen LogP contribution < -0.4 is 0 Å². The third-order valence-electron chi connectivity index (χ3n) is 7.01. The number of hydrogen-bond donors (Lipinski definition) is 1. The van der Waals surface area contributed by atoms with Crippen molar-refractivity contribution >= 4 is 11.6 Å². The molecule has 0 spiro atoms. The molecular weight excluding hydrogens is 304 g/mol. The van der Waals surface area contributed by atoms with E-state index in [9.17, 15) is 14.7 Å². The van der Waals surface area contributed by atoms with E-state index in [0.717, 1.165) is 12.8 Å². The fourth-order valence-corrected chi connectivity index (χ4v) is 4.92. The summed E-state index contributed by atoms with van der Waals surface area (Å²) < 4.78 is 5.92. The van der Waals surface area contributed by atoms with Crippen LogP contribution in [0.1, 0.15) is 47.5 Å². The van der Waals surface area contributed by atoms with Gasteiger partial charge in [-0.2, -0.15) is 0 Å². The fourth-order valence-electron chi connectivity index (χ4n) is 4.92. The van der Waals surface area contributed by atoms with Crippen molar-refractivity contribution in [2.75, 3.05) is 0 Å². The second kappa shape index (κ2) is 4.67. The van der Waals surface area contributed by atoms with E-state index in [2.05, 4.69) is 19.9 Å². The van der Waals surface area contributed by atoms with E-state index in [-0.39, 0.29) is 34.3 Å². The minimum Gasteiger partial charge on any atom is -0.387 e. The van der Waals surface area contributed by atoms with Gasteiger partial charge in [0.2, 0.25) is 0 Å². The molecule has 4 nitrogen and oxygen atoms in total. The average Bonchev–Trinajstić information content (AvgIpc) is 3.29. The number of aliphatic hydroxyl groups is 1. The van der Waals surface area contributed by atoms with Gasteiger partial charge in [-0.15, -0.1) is 0 Å². The largest absolute Gasteiger partial charge is 0.387 e. The van der Waals surface area contributed by atoms with Crippen LogP contribution >= 0.6 is 0 Å². The molecule has 2 fully saturated rings. The number of aliphatic hydroxyl groups excluding tert-OH is 1. The minimum absolute atomic E-state index is 0.128. The highest BCUT2D eigenvalue weighted by molar-refractivity contribution is 6.18. The van der Waals surface area contributed by atoms with Gasteiger partial charge >= 0.3 is 0 Å². The number of carbonyl (C=O) groups is 2. The van der Waals surface area contributed by atoms with Gasteiger partial charge in [0.1, 0.15) is 6.10 Å². The first kappa shape index (κ1) is 16.2. The van der Waals surface area contributed by atoms with E-state index in [0.29, 0.717) is 23.0 Å². The number of rotatable bonds is 0. The van der Waals surface area contributed by atoms with Crippen LogP contribution in [0.2, 0.25) is 0 Å². The predicted octanol–water partition coefficient (Wildman–Crippen LogP) is 2.60. The maximum Gasteiger partial charge on any atom is 0.187 e. The number of allylic oxidation sites excluding steroid dienone is 2. The summed E-state index contributed by atoms with van der Waals surface area (Å²) in [7, 11) is 0. The number of ketones is 2. The Hall–Kier alpha value is -1.26. The molecule has 1 N–H and O–H groups in total. The second-order valence-electron chi connectivity index (χ2n) is 8.91. The summed E-state index contributed by atoms with van der Waals surface area (Å²) >= 11 is 0. The summed E-state index contributed by atoms with van der Waals surface area (Å²) in [6.45, 7) is 10.0. The van der Waals surface area contributed by atoms with E-state index in [1.54, 1.807) is 6.92 Å². The molecule has 0 amide bonds. The Balaban J connectivity index is 1.82. The van der Waals surface area contributed by atoms with Gasteiger partial charge in [0.15, 0.2) is 11.6 Å². The highest BCUT2D eigenvalue weighted by Crippen LogP contribution is 2.63. The highest BCUT2D eigenvalue weighted by atomic mass is 16.6. The first-order valence-electron chi connectivity index (χ1n) is 8.97. The van der Waals surface area contributed by atoms with Crippen molar-refractivity contribution < 1.29 is 19.4 Å². The van der Waals surface area contributed by atoms with Crippen molar-refractivity contribution in [3.05, 3.63) is 22.8 Å². The van der Waals surface area contributed by atoms with Crippen LogP contribution in [0.5, 0.6) is 0 Å². The smallest absolute Gasteiger partial charge is 0.187 e. The Kier molecular flexibility index (Phi) is 3.16. The van der Waals surface area contributed by atoms with E-state index < -0.39 is 12.0 Å². The average molecular weight is 330 g/mol. The van der Waals surface area contributed by atoms with Crippen LogP contribution in [0.4, 0.5) is 0 Å². The molecule has 4 heteroatoms. The van der Waals surface area contributed by atoms with Crippen molar-refractivity contribution in [2.24, 2.45) is 23.2 Å². The minimum atomic E-state index is -1.01. The van der Waals surface area contributed by atoms with Gasteiger partial charge in [-0.25, -0.2) is 0 Å². The quantitative estimate of drug-likeness (QED) is 0.693. The lowest BCUT2D eigenvalue weighted by Gasteiger charge is -2.12. The molecule has 0 aromatic heterocycles. The van der Waals surface area contributed by atoms with Gasteiger partial charge < -0.3 is 9.84 Å². The molecular formula is C20H26O4. The molecule has 6 atom stereocenters. The van der Waals surface area contributed by atoms with Gasteiger partial charge in [0.25, 0.3) is 0 Å². The van der Waals surface area contributed by atoms with E-state index in [1.807, 2.05) is 13.8 Å². The van der Waals surface area contributed by atoms with Crippen LogP contribution in [-0.4, -0.2) is 34.5 Å². The SMILES string of the molecule is C/C1=C\[C@@H]2[C@H](CC[C@]3(C)O[C@H]3C3=C(C1=O)[C@@H](O)[C@H](C)C3=O)C2(C)C. The fraction of sp³-hybridized carbons (Fsp3) is 0.700. The summed E-state index contributed by atoms with van der Waals surface area (Å²) in [5.74, 6) is 0.0623. The zero-order valence-corrected chi connectivity index (χ0v) is 15.1. The Labute approximate surface area is 143 Å². The number of fused-ring (bicyclic) bond motifs is 3. The molecule has 1 heterocycles. The molecule has 24 heavy (non-hydrogen) atoms. The maximum atomic E-state index is 13.0. The molecule has 0 aromatic carbocycles. The number of hydrogen-bond acceptors (Lipinski definition) is 4. The van der Waals surface area contributed by atoms with Crippen LogP contribution in [-0.2, 0) is 14.3 Å². The van der Waals surface area contributed by atoms with Gasteiger partial charge in [-0.3, -0.25) is 9.59 Å². The number of ether oxygens (including phenoxy) is 1. The monoisotopic (exact) mass is 330 g/mol. The van der Waals surface area contributed by atoms with Crippen molar-refractivity contribution in [1.82, 2.24) is 0 Å². The lowest BCUT2D eigenvalue weighted by Crippen LogP contribution is -2.22. The van der Waals surface area contributed by atoms with Gasteiger partial charge in [0, 0.05) is 17.1 Å². The predicted molar refractivity (Wildman–Crippen MR) is 89.2 cm³/mol. The van der Waals surface area contributed by atoms with Crippen molar-refractivity contribution in [3.8, 4) is 0 Å². The van der Waals surface area contributed by atoms with Crippen LogP contribution in [0, 0.1) is 23.2 Å². The van der Waals surface area contributed by atoms with Crippen molar-refractivity contribution in [3.63, 3.8) is 0 Å².